The molecule has 706 valence electrons. The number of nitrogens with one attached hydrogen (secondary N) is 10. The molecule has 10 amide bonds. The Morgan fingerprint density at radius 3 is 1.46 bits per heavy atom. The third kappa shape index (κ3) is 30.6. The van der Waals surface area contributed by atoms with Gasteiger partial charge in [-0.05, 0) is 149 Å². The van der Waals surface area contributed by atoms with Gasteiger partial charge in [0.15, 0.2) is 23.3 Å². The summed E-state index contributed by atoms with van der Waals surface area (Å²) in [5.74, 6) is -1.73. The molecule has 1 aliphatic rings. The van der Waals surface area contributed by atoms with Crippen LogP contribution in [0, 0.1) is 20.8 Å². The van der Waals surface area contributed by atoms with Gasteiger partial charge in [-0.15, -0.1) is 21.5 Å². The Bertz CT molecular complexity index is 5370. The molecule has 131 heavy (non-hydrogen) atoms. The summed E-state index contributed by atoms with van der Waals surface area (Å²) >= 11 is 7.92. The molecule has 0 saturated heterocycles. The Labute approximate surface area is 769 Å². The van der Waals surface area contributed by atoms with Crippen LogP contribution in [0.15, 0.2) is 103 Å². The van der Waals surface area contributed by atoms with Gasteiger partial charge in [-0.25, -0.2) is 15.0 Å². The van der Waals surface area contributed by atoms with E-state index in [9.17, 15) is 47.9 Å². The van der Waals surface area contributed by atoms with E-state index >= 15 is 0 Å². The Hall–Kier alpha value is -12.4. The van der Waals surface area contributed by atoms with Crippen molar-refractivity contribution in [3.05, 3.63) is 165 Å². The van der Waals surface area contributed by atoms with Gasteiger partial charge in [0.2, 0.25) is 41.2 Å². The van der Waals surface area contributed by atoms with Crippen molar-refractivity contribution in [3.8, 4) is 10.8 Å². The summed E-state index contributed by atoms with van der Waals surface area (Å²) in [4.78, 5) is 153. The number of aryl methyl sites for hydroxylation is 4. The van der Waals surface area contributed by atoms with Gasteiger partial charge in [0.25, 0.3) is 29.5 Å². The minimum atomic E-state index is -0.625. The normalized spacial score (nSPS) is 12.3. The number of rotatable bonds is 55. The molecule has 10 rings (SSSR count). The molecule has 0 bridgehead atoms. The number of fused-ring (bicyclic) bond motifs is 3. The number of aromatic nitrogens is 11. The Kier molecular flexibility index (Phi) is 39.0. The predicted molar refractivity (Wildman–Crippen MR) is 493 cm³/mol. The van der Waals surface area contributed by atoms with Crippen LogP contribution in [0.25, 0.3) is 5.00 Å². The smallest absolute Gasteiger partial charge is 0.291 e. The van der Waals surface area contributed by atoms with E-state index in [0.717, 1.165) is 51.1 Å². The highest BCUT2D eigenvalue weighted by atomic mass is 35.5. The molecule has 0 unspecified atom stereocenters. The summed E-state index contributed by atoms with van der Waals surface area (Å²) in [6.45, 7) is 24.5. The fourth-order valence-corrected chi connectivity index (χ4v) is 15.1. The van der Waals surface area contributed by atoms with Crippen molar-refractivity contribution >= 4 is 116 Å². The molecule has 0 aliphatic carbocycles. The SMILES string of the molecule is Cc1sc2c(c1C)C(c1ccc(Cl)cc1)=N[C@@H](CC(=O)Nc1ccc(OCCOCCOCCOCCOCCOCCOCCC(=O)NCCCN(C)CCCNC(=O)CCNC(=O)c3nc(NC(=O)CCNC(=O)c4cc(NC(=O)c5nc(NC(=O)CCNC(=O)c6cc(NC(=O)c7nccn7C(C)C)cn6C)cn5C(C)C)cn4C)cn3C(C)C)cc1)c1nnc(C)n1-2. The van der Waals surface area contributed by atoms with E-state index in [1.807, 2.05) is 84.3 Å². The molecule has 0 saturated carbocycles. The fraction of sp³-hybridized carbons (Fsp3) is 0.483. The number of nitrogens with zero attached hydrogens (tertiary/aromatic N) is 13. The number of carbonyl (C=O) groups excluding carboxylic acids is 10. The topological polar surface area (TPSA) is 465 Å². The van der Waals surface area contributed by atoms with Crippen LogP contribution in [-0.2, 0) is 66.5 Å². The number of aliphatic imine (C=N–C) groups is 1. The van der Waals surface area contributed by atoms with Crippen molar-refractivity contribution < 1.29 is 81.1 Å². The average molecular weight is 1850 g/mol. The quantitative estimate of drug-likeness (QED) is 0.0160. The van der Waals surface area contributed by atoms with Gasteiger partial charge in [0, 0.05) is 155 Å². The van der Waals surface area contributed by atoms with Crippen LogP contribution in [0.4, 0.5) is 28.7 Å². The first-order valence-corrected chi connectivity index (χ1v) is 44.9. The average Bonchev–Trinajstić information content (AvgIpc) is 1.59. The summed E-state index contributed by atoms with van der Waals surface area (Å²) in [5.41, 5.74) is 5.48. The molecule has 10 N–H and O–H groups in total. The largest absolute Gasteiger partial charge is 0.491 e. The highest BCUT2D eigenvalue weighted by molar-refractivity contribution is 7.15. The lowest BCUT2D eigenvalue weighted by molar-refractivity contribution is -0.122. The number of hydrogen-bond donors (Lipinski definition) is 10. The molecule has 0 fully saturated rings. The molecule has 0 radical (unpaired) electrons. The van der Waals surface area contributed by atoms with E-state index in [-0.39, 0.29) is 140 Å². The van der Waals surface area contributed by atoms with Crippen LogP contribution >= 0.6 is 22.9 Å². The van der Waals surface area contributed by atoms with Crippen molar-refractivity contribution in [2.24, 2.45) is 19.1 Å². The summed E-state index contributed by atoms with van der Waals surface area (Å²) in [6, 6.07) is 16.6. The molecule has 8 heterocycles. The third-order valence-corrected chi connectivity index (χ3v) is 22.1. The lowest BCUT2D eigenvalue weighted by atomic mass is 9.99. The van der Waals surface area contributed by atoms with Gasteiger partial charge >= 0.3 is 0 Å². The van der Waals surface area contributed by atoms with Crippen LogP contribution in [0.1, 0.15) is 197 Å². The lowest BCUT2D eigenvalue weighted by Gasteiger charge is -2.17. The Morgan fingerprint density at radius 1 is 0.481 bits per heavy atom. The number of halogens is 1. The van der Waals surface area contributed by atoms with Gasteiger partial charge < -0.3 is 114 Å². The maximum atomic E-state index is 13.7. The minimum absolute atomic E-state index is 0.0108. The Balaban J connectivity index is 0.483. The minimum Gasteiger partial charge on any atom is -0.491 e. The maximum absolute atomic E-state index is 13.7. The summed E-state index contributed by atoms with van der Waals surface area (Å²) in [5, 5.41) is 38.3. The number of benzene rings is 2. The molecule has 1 atom stereocenters. The standard InChI is InChI=1S/C89H120ClN23O17S/c1-56(2)110-35-32-93-81(110)87(122)98-65-49-69(108(11)52-65)84(119)94-31-25-76(117)102-72-55-112(58(5)6)83(104-72)88(123)99-66-50-70(109(12)53-66)85(120)95-30-24-75(116)101-71-54-111(57(3)4)82(103-71)86(121)96-29-23-73(114)91-27-13-33-107(10)34-14-28-92-74(115)26-36-124-37-38-125-39-40-126-41-42-127-43-44-128-45-46-129-47-48-130-67-21-19-64(20-22-67)97-77(118)51-68-80-106-105-61(9)113(80)89-78(59(7)60(8)131-89)79(100-68)62-15-17-63(90)18-16-62/h15-22,32,35,49-50,52-58,68H,13-14,23-31,33-34,36-48,51H2,1-12H3,(H,91,114)(H,92,115)(H,94,119)(H,95,120)(H,96,121)(H,97,118)(H,98,122)(H,99,123)(H,101,116)(H,102,117)/t68-/m0/s1. The highest BCUT2D eigenvalue weighted by Crippen LogP contribution is 2.40. The number of thiophene rings is 1. The lowest BCUT2D eigenvalue weighted by Crippen LogP contribution is -2.33. The van der Waals surface area contributed by atoms with E-state index in [2.05, 4.69) is 97.1 Å². The predicted octanol–water partition coefficient (Wildman–Crippen LogP) is 8.49. The van der Waals surface area contributed by atoms with Gasteiger partial charge in [-0.3, -0.25) is 57.5 Å². The van der Waals surface area contributed by atoms with E-state index < -0.39 is 47.4 Å². The highest BCUT2D eigenvalue weighted by Gasteiger charge is 2.34. The van der Waals surface area contributed by atoms with Gasteiger partial charge in [-0.2, -0.15) is 0 Å². The van der Waals surface area contributed by atoms with Crippen LogP contribution < -0.4 is 57.9 Å². The van der Waals surface area contributed by atoms with E-state index in [4.69, 9.17) is 49.8 Å². The van der Waals surface area contributed by atoms with Crippen molar-refractivity contribution in [3.63, 3.8) is 0 Å². The second-order valence-corrected chi connectivity index (χ2v) is 33.4. The van der Waals surface area contributed by atoms with Crippen LogP contribution in [0.3, 0.4) is 0 Å². The van der Waals surface area contributed by atoms with Crippen LogP contribution in [-0.4, -0.2) is 261 Å². The zero-order chi connectivity index (χ0) is 94.0. The number of hydrogen-bond acceptors (Lipinski definition) is 25. The molecule has 7 aromatic heterocycles. The van der Waals surface area contributed by atoms with Crippen LogP contribution in [0.5, 0.6) is 5.75 Å². The number of ether oxygens (including phenoxy) is 7. The number of amides is 10. The fourth-order valence-electron chi connectivity index (χ4n) is 13.7. The molecular weight excluding hydrogens is 1730 g/mol. The number of anilines is 5. The second kappa shape index (κ2) is 50.7. The van der Waals surface area contributed by atoms with Crippen molar-refractivity contribution in [2.75, 3.05) is 165 Å². The molecular formula is C89H120ClN23O17S. The molecule has 40 nitrogen and oxygen atoms in total. The molecule has 42 heteroatoms. The monoisotopic (exact) mass is 1850 g/mol. The van der Waals surface area contributed by atoms with Gasteiger partial charge in [-0.1, -0.05) is 23.7 Å². The zero-order valence-electron chi connectivity index (χ0n) is 76.2. The first-order chi connectivity index (χ1) is 63.0. The molecule has 1 aliphatic heterocycles. The number of carbonyl (C=O) groups is 10. The number of imidazole rings is 3. The summed E-state index contributed by atoms with van der Waals surface area (Å²) in [7, 11) is 5.23. The van der Waals surface area contributed by atoms with Crippen molar-refractivity contribution in [2.45, 2.75) is 131 Å². The van der Waals surface area contributed by atoms with E-state index in [1.54, 1.807) is 80.4 Å². The Morgan fingerprint density at radius 2 is 0.947 bits per heavy atom. The molecule has 9 aromatic rings. The van der Waals surface area contributed by atoms with Crippen molar-refractivity contribution in [1.29, 1.82) is 0 Å². The van der Waals surface area contributed by atoms with Crippen LogP contribution in [0.2, 0.25) is 5.02 Å². The zero-order valence-corrected chi connectivity index (χ0v) is 77.8. The third-order valence-electron chi connectivity index (χ3n) is 20.6. The van der Waals surface area contributed by atoms with E-state index in [1.165, 1.54) is 41.5 Å². The van der Waals surface area contributed by atoms with E-state index in [0.29, 0.717) is 133 Å². The first kappa shape index (κ1) is 101. The van der Waals surface area contributed by atoms with Gasteiger partial charge in [0.1, 0.15) is 40.6 Å². The molecule has 2 aromatic carbocycles. The van der Waals surface area contributed by atoms with Crippen molar-refractivity contribution in [1.82, 2.24) is 84.0 Å². The van der Waals surface area contributed by atoms with Gasteiger partial charge in [0.05, 0.1) is 103 Å². The summed E-state index contributed by atoms with van der Waals surface area (Å²) in [6.07, 6.45) is 10.9. The first-order valence-electron chi connectivity index (χ1n) is 43.7. The summed E-state index contributed by atoms with van der Waals surface area (Å²) < 4.78 is 49.4. The maximum Gasteiger partial charge on any atom is 0.291 e. The second-order valence-electron chi connectivity index (χ2n) is 31.8. The molecule has 0 spiro atoms.